The Morgan fingerprint density at radius 3 is 2.20 bits per heavy atom. The number of rotatable bonds is 4. The second-order valence-corrected chi connectivity index (χ2v) is 13.9. The van der Waals surface area contributed by atoms with Crippen LogP contribution in [0.25, 0.3) is 54.3 Å². The highest BCUT2D eigenvalue weighted by molar-refractivity contribution is 8.04. The lowest BCUT2D eigenvalue weighted by molar-refractivity contribution is 0.668. The van der Waals surface area contributed by atoms with Gasteiger partial charge in [0.25, 0.3) is 0 Å². The maximum absolute atomic E-state index is 5.07. The molecule has 6 aromatic rings. The average molecular weight is 617 g/mol. The summed E-state index contributed by atoms with van der Waals surface area (Å²) < 4.78 is 2.51. The van der Waals surface area contributed by atoms with Crippen LogP contribution in [0.4, 0.5) is 0 Å². The number of nitrogens with one attached hydrogen (secondary N) is 1. The van der Waals surface area contributed by atoms with Crippen LogP contribution in [-0.2, 0) is 0 Å². The van der Waals surface area contributed by atoms with Crippen LogP contribution in [-0.4, -0.2) is 26.2 Å². The summed E-state index contributed by atoms with van der Waals surface area (Å²) in [5, 5.41) is 6.65. The van der Waals surface area contributed by atoms with E-state index in [0.29, 0.717) is 34.7 Å². The molecule has 4 aromatic carbocycles. The smallest absolute Gasteiger partial charge is 0.164 e. The molecule has 1 fully saturated rings. The van der Waals surface area contributed by atoms with Crippen LogP contribution >= 0.6 is 23.1 Å². The summed E-state index contributed by atoms with van der Waals surface area (Å²) in [4.78, 5) is 16.4. The van der Waals surface area contributed by atoms with Crippen molar-refractivity contribution in [2.24, 2.45) is 0 Å². The van der Waals surface area contributed by atoms with Crippen LogP contribution in [0.1, 0.15) is 17.9 Å². The first-order valence-electron chi connectivity index (χ1n) is 15.3. The molecule has 1 saturated heterocycles. The molecular formula is C39H28N4S2. The highest BCUT2D eigenvalue weighted by Crippen LogP contribution is 2.45. The van der Waals surface area contributed by atoms with Crippen LogP contribution in [0, 0.1) is 0 Å². The zero-order chi connectivity index (χ0) is 29.7. The van der Waals surface area contributed by atoms with Gasteiger partial charge in [-0.3, -0.25) is 0 Å². The van der Waals surface area contributed by atoms with E-state index >= 15 is 0 Å². The maximum Gasteiger partial charge on any atom is 0.164 e. The Kier molecular flexibility index (Phi) is 6.49. The van der Waals surface area contributed by atoms with Gasteiger partial charge in [0.15, 0.2) is 17.5 Å². The summed E-state index contributed by atoms with van der Waals surface area (Å²) in [5.74, 6) is 2.38. The predicted molar refractivity (Wildman–Crippen MR) is 189 cm³/mol. The molecule has 0 amide bonds. The number of aromatic nitrogens is 3. The van der Waals surface area contributed by atoms with E-state index in [2.05, 4.69) is 102 Å². The first kappa shape index (κ1) is 26.6. The first-order valence-corrected chi connectivity index (χ1v) is 17.0. The van der Waals surface area contributed by atoms with Crippen molar-refractivity contribution in [3.63, 3.8) is 0 Å². The maximum atomic E-state index is 5.07. The Hall–Kier alpha value is -4.78. The number of fused-ring (bicyclic) bond motifs is 5. The van der Waals surface area contributed by atoms with E-state index in [-0.39, 0.29) is 0 Å². The molecular weight excluding hydrogens is 589 g/mol. The highest BCUT2D eigenvalue weighted by Gasteiger charge is 2.31. The molecule has 0 radical (unpaired) electrons. The Labute approximate surface area is 270 Å². The molecule has 3 aliphatic rings. The Balaban J connectivity index is 1.16. The number of thioether (sulfide) groups is 1. The van der Waals surface area contributed by atoms with Crippen LogP contribution < -0.4 is 5.32 Å². The molecule has 1 aliphatic heterocycles. The quantitative estimate of drug-likeness (QED) is 0.214. The number of hydrogen-bond donors (Lipinski definition) is 1. The largest absolute Gasteiger partial charge is 0.377 e. The normalized spacial score (nSPS) is 20.3. The van der Waals surface area contributed by atoms with Gasteiger partial charge < -0.3 is 5.32 Å². The van der Waals surface area contributed by atoms with Gasteiger partial charge in [0, 0.05) is 53.4 Å². The van der Waals surface area contributed by atoms with Crippen molar-refractivity contribution in [2.45, 2.75) is 23.6 Å². The molecule has 45 heavy (non-hydrogen) atoms. The van der Waals surface area contributed by atoms with Crippen molar-refractivity contribution < 1.29 is 0 Å². The Morgan fingerprint density at radius 1 is 0.689 bits per heavy atom. The van der Waals surface area contributed by atoms with E-state index in [1.807, 2.05) is 59.5 Å². The number of benzene rings is 4. The average Bonchev–Trinajstić information content (AvgIpc) is 3.49. The molecule has 0 spiro atoms. The second kappa shape index (κ2) is 11.0. The number of allylic oxidation sites excluding steroid dienone is 4. The Bertz CT molecular complexity index is 2160. The van der Waals surface area contributed by atoms with Crippen LogP contribution in [0.5, 0.6) is 0 Å². The van der Waals surface area contributed by atoms with Crippen LogP contribution in [0.3, 0.4) is 0 Å². The SMILES string of the molecule is C1=CC2NC3=CCC(c4ccc5sc6cccc(-c7nc(-c8ccccc8)nc(-c8ccccc8)n7)c6c5c4)C=C3SC2C=C1. The van der Waals surface area contributed by atoms with Crippen molar-refractivity contribution in [1.82, 2.24) is 20.3 Å². The van der Waals surface area contributed by atoms with E-state index in [4.69, 9.17) is 15.0 Å². The first-order chi connectivity index (χ1) is 22.3. The van der Waals surface area contributed by atoms with Crippen molar-refractivity contribution in [3.05, 3.63) is 150 Å². The predicted octanol–water partition coefficient (Wildman–Crippen LogP) is 9.70. The fraction of sp³-hybridized carbons (Fsp3) is 0.103. The van der Waals surface area contributed by atoms with Gasteiger partial charge in [-0.05, 0) is 30.2 Å². The molecule has 3 heterocycles. The van der Waals surface area contributed by atoms with Crippen molar-refractivity contribution in [3.8, 4) is 34.2 Å². The van der Waals surface area contributed by atoms with Gasteiger partial charge in [-0.1, -0.05) is 115 Å². The van der Waals surface area contributed by atoms with Gasteiger partial charge in [0.05, 0.1) is 11.3 Å². The summed E-state index contributed by atoms with van der Waals surface area (Å²) in [6, 6.07) is 34.2. The van der Waals surface area contributed by atoms with E-state index in [1.54, 1.807) is 0 Å². The third kappa shape index (κ3) is 4.82. The van der Waals surface area contributed by atoms with Crippen molar-refractivity contribution in [2.75, 3.05) is 0 Å². The number of nitrogens with zero attached hydrogens (tertiary/aromatic N) is 3. The van der Waals surface area contributed by atoms with Crippen molar-refractivity contribution >= 4 is 43.3 Å². The zero-order valence-corrected chi connectivity index (χ0v) is 25.9. The summed E-state index contributed by atoms with van der Waals surface area (Å²) in [6.45, 7) is 0. The molecule has 0 bridgehead atoms. The van der Waals surface area contributed by atoms with Gasteiger partial charge in [-0.25, -0.2) is 15.0 Å². The van der Waals surface area contributed by atoms with Gasteiger partial charge >= 0.3 is 0 Å². The second-order valence-electron chi connectivity index (χ2n) is 11.6. The Morgan fingerprint density at radius 2 is 1.42 bits per heavy atom. The van der Waals surface area contributed by atoms with Gasteiger partial charge in [0.1, 0.15) is 0 Å². The van der Waals surface area contributed by atoms with Crippen molar-refractivity contribution in [1.29, 1.82) is 0 Å². The summed E-state index contributed by atoms with van der Waals surface area (Å²) in [7, 11) is 0. The molecule has 3 unspecified atom stereocenters. The number of hydrogen-bond acceptors (Lipinski definition) is 6. The topological polar surface area (TPSA) is 50.7 Å². The minimum atomic E-state index is 0.329. The summed E-state index contributed by atoms with van der Waals surface area (Å²) in [5.41, 5.74) is 5.60. The third-order valence-electron chi connectivity index (χ3n) is 8.75. The highest BCUT2D eigenvalue weighted by atomic mass is 32.2. The molecule has 3 atom stereocenters. The summed E-state index contributed by atoms with van der Waals surface area (Å²) in [6.07, 6.45) is 14.7. The molecule has 2 aliphatic carbocycles. The molecule has 9 rings (SSSR count). The minimum absolute atomic E-state index is 0.329. The van der Waals surface area contributed by atoms with Crippen LogP contribution in [0.15, 0.2) is 144 Å². The minimum Gasteiger partial charge on any atom is -0.377 e. The molecule has 6 heteroatoms. The monoisotopic (exact) mass is 616 g/mol. The number of thiophene rings is 1. The molecule has 4 nitrogen and oxygen atoms in total. The molecule has 1 N–H and O–H groups in total. The standard InChI is InChI=1S/C39H28N4S2/c1-3-10-24(11-4-1)37-41-38(25-12-5-2-6-13-25)43-39(42-37)28-14-9-17-34-36(28)29-22-26(19-21-32(29)44-34)27-18-20-31-35(23-27)45-33-16-8-7-15-30(33)40-31/h1-17,19-23,27,30,33,40H,18H2. The lowest BCUT2D eigenvalue weighted by Crippen LogP contribution is -2.40. The van der Waals surface area contributed by atoms with E-state index in [1.165, 1.54) is 36.3 Å². The summed E-state index contributed by atoms with van der Waals surface area (Å²) >= 11 is 3.81. The van der Waals surface area contributed by atoms with Gasteiger partial charge in [-0.2, -0.15) is 0 Å². The molecule has 0 saturated carbocycles. The van der Waals surface area contributed by atoms with E-state index in [9.17, 15) is 0 Å². The lowest BCUT2D eigenvalue weighted by atomic mass is 9.90. The molecule has 2 aromatic heterocycles. The van der Waals surface area contributed by atoms with E-state index in [0.717, 1.165) is 23.1 Å². The lowest BCUT2D eigenvalue weighted by Gasteiger charge is -2.36. The van der Waals surface area contributed by atoms with E-state index < -0.39 is 0 Å². The van der Waals surface area contributed by atoms with Gasteiger partial charge in [-0.15, -0.1) is 23.1 Å². The third-order valence-corrected chi connectivity index (χ3v) is 11.2. The van der Waals surface area contributed by atoms with Crippen LogP contribution in [0.2, 0.25) is 0 Å². The zero-order valence-electron chi connectivity index (χ0n) is 24.3. The fourth-order valence-corrected chi connectivity index (χ4v) is 8.89. The fourth-order valence-electron chi connectivity index (χ4n) is 6.50. The van der Waals surface area contributed by atoms with Gasteiger partial charge in [0.2, 0.25) is 0 Å². The molecule has 216 valence electrons.